The van der Waals surface area contributed by atoms with E-state index in [9.17, 15) is 14.4 Å². The summed E-state index contributed by atoms with van der Waals surface area (Å²) in [4.78, 5) is 38.5. The van der Waals surface area contributed by atoms with Gasteiger partial charge < -0.3 is 16.0 Å². The van der Waals surface area contributed by atoms with Gasteiger partial charge in [-0.05, 0) is 48.6 Å². The van der Waals surface area contributed by atoms with E-state index in [1.807, 2.05) is 36.4 Å². The highest BCUT2D eigenvalue weighted by Gasteiger charge is 2.39. The molecule has 1 atom stereocenters. The number of carbonyl (C=O) groups excluding carboxylic acids is 3. The molecule has 0 aromatic heterocycles. The van der Waals surface area contributed by atoms with E-state index < -0.39 is 6.04 Å². The number of anilines is 1. The van der Waals surface area contributed by atoms with Crippen molar-refractivity contribution in [2.24, 2.45) is 5.73 Å². The van der Waals surface area contributed by atoms with E-state index in [4.69, 9.17) is 5.73 Å². The fourth-order valence-corrected chi connectivity index (χ4v) is 4.23. The highest BCUT2D eigenvalue weighted by molar-refractivity contribution is 6.06. The first-order valence-electron chi connectivity index (χ1n) is 10.4. The Balaban J connectivity index is 1.52. The van der Waals surface area contributed by atoms with Crippen molar-refractivity contribution in [2.45, 2.75) is 44.8 Å². The molecule has 2 aliphatic heterocycles. The van der Waals surface area contributed by atoms with E-state index >= 15 is 0 Å². The van der Waals surface area contributed by atoms with Crippen molar-refractivity contribution >= 4 is 23.4 Å². The maximum Gasteiger partial charge on any atom is 0.255 e. The van der Waals surface area contributed by atoms with Crippen LogP contribution >= 0.6 is 0 Å². The highest BCUT2D eigenvalue weighted by Crippen LogP contribution is 2.30. The molecule has 4 rings (SSSR count). The van der Waals surface area contributed by atoms with Crippen LogP contribution in [0.1, 0.15) is 46.3 Å². The van der Waals surface area contributed by atoms with Crippen molar-refractivity contribution in [1.29, 1.82) is 0 Å². The summed E-state index contributed by atoms with van der Waals surface area (Å²) in [5.74, 6) is -0.812. The monoisotopic (exact) mass is 406 g/mol. The Morgan fingerprint density at radius 2 is 1.87 bits per heavy atom. The Bertz CT molecular complexity index is 988. The molecule has 0 aliphatic carbocycles. The lowest BCUT2D eigenvalue weighted by Crippen LogP contribution is -2.52. The molecule has 2 heterocycles. The Labute approximate surface area is 175 Å². The molecular weight excluding hydrogens is 380 g/mol. The lowest BCUT2D eigenvalue weighted by molar-refractivity contribution is -0.136. The van der Waals surface area contributed by atoms with Gasteiger partial charge >= 0.3 is 0 Å². The molecule has 3 amide bonds. The summed E-state index contributed by atoms with van der Waals surface area (Å²) in [7, 11) is 0. The van der Waals surface area contributed by atoms with Crippen LogP contribution in [0.4, 0.5) is 5.69 Å². The minimum Gasteiger partial charge on any atom is -0.381 e. The summed E-state index contributed by atoms with van der Waals surface area (Å²) in [5.41, 5.74) is 10.4. The van der Waals surface area contributed by atoms with Crippen LogP contribution in [0, 0.1) is 0 Å². The molecule has 0 radical (unpaired) electrons. The second-order valence-electron chi connectivity index (χ2n) is 7.75. The average Bonchev–Trinajstić information content (AvgIpc) is 3.08. The van der Waals surface area contributed by atoms with Gasteiger partial charge in [-0.1, -0.05) is 36.4 Å². The van der Waals surface area contributed by atoms with Gasteiger partial charge in [-0.3, -0.25) is 19.7 Å². The Hall–Kier alpha value is -3.19. The predicted molar refractivity (Wildman–Crippen MR) is 114 cm³/mol. The number of imide groups is 1. The molecule has 2 aromatic carbocycles. The molecule has 0 saturated carbocycles. The smallest absolute Gasteiger partial charge is 0.255 e. The predicted octanol–water partition coefficient (Wildman–Crippen LogP) is 1.95. The number of piperidine rings is 1. The summed E-state index contributed by atoms with van der Waals surface area (Å²) in [5, 5.41) is 5.81. The van der Waals surface area contributed by atoms with E-state index in [0.717, 1.165) is 29.7 Å². The van der Waals surface area contributed by atoms with Crippen molar-refractivity contribution < 1.29 is 14.4 Å². The number of benzene rings is 2. The van der Waals surface area contributed by atoms with Gasteiger partial charge in [0.05, 0.1) is 0 Å². The van der Waals surface area contributed by atoms with Crippen molar-refractivity contribution in [2.75, 3.05) is 11.9 Å². The van der Waals surface area contributed by atoms with Crippen LogP contribution in [0.25, 0.3) is 0 Å². The van der Waals surface area contributed by atoms with E-state index in [2.05, 4.69) is 16.7 Å². The number of rotatable bonds is 7. The Kier molecular flexibility index (Phi) is 5.81. The molecule has 7 heteroatoms. The van der Waals surface area contributed by atoms with Gasteiger partial charge in [0.15, 0.2) is 0 Å². The van der Waals surface area contributed by atoms with E-state index in [1.165, 1.54) is 5.56 Å². The van der Waals surface area contributed by atoms with Crippen molar-refractivity contribution in [3.63, 3.8) is 0 Å². The number of aryl methyl sites for hydroxylation is 1. The first-order chi connectivity index (χ1) is 14.6. The molecule has 156 valence electrons. The van der Waals surface area contributed by atoms with Gasteiger partial charge in [-0.15, -0.1) is 0 Å². The van der Waals surface area contributed by atoms with Crippen molar-refractivity contribution in [3.8, 4) is 0 Å². The van der Waals surface area contributed by atoms with Crippen LogP contribution in [0.15, 0.2) is 42.5 Å². The van der Waals surface area contributed by atoms with E-state index in [1.54, 1.807) is 4.90 Å². The quantitative estimate of drug-likeness (QED) is 0.610. The number of hydrogen-bond donors (Lipinski definition) is 3. The van der Waals surface area contributed by atoms with Gasteiger partial charge in [0.25, 0.3) is 5.91 Å². The molecule has 1 fully saturated rings. The minimum atomic E-state index is -0.597. The largest absolute Gasteiger partial charge is 0.381 e. The number of amides is 3. The van der Waals surface area contributed by atoms with Gasteiger partial charge in [0.2, 0.25) is 11.8 Å². The van der Waals surface area contributed by atoms with Gasteiger partial charge in [0, 0.05) is 30.8 Å². The molecule has 1 unspecified atom stereocenters. The maximum atomic E-state index is 13.2. The Morgan fingerprint density at radius 1 is 1.07 bits per heavy atom. The number of fused-ring (bicyclic) bond motifs is 1. The minimum absolute atomic E-state index is 0.145. The Morgan fingerprint density at radius 3 is 2.67 bits per heavy atom. The molecule has 4 N–H and O–H groups in total. The van der Waals surface area contributed by atoms with Crippen molar-refractivity contribution in [1.82, 2.24) is 10.2 Å². The molecule has 30 heavy (non-hydrogen) atoms. The third-order valence-corrected chi connectivity index (χ3v) is 5.78. The van der Waals surface area contributed by atoms with Gasteiger partial charge in [0.1, 0.15) is 6.04 Å². The SMILES string of the molecule is NCCCc1ccccc1NCc1cccc2c1C(=O)N(C1CCC(=O)NC1=O)C2. The van der Waals surface area contributed by atoms with Crippen molar-refractivity contribution in [3.05, 3.63) is 64.7 Å². The van der Waals surface area contributed by atoms with E-state index in [-0.39, 0.29) is 24.1 Å². The van der Waals surface area contributed by atoms with Crippen LogP contribution in [-0.2, 0) is 29.1 Å². The second-order valence-corrected chi connectivity index (χ2v) is 7.75. The zero-order valence-corrected chi connectivity index (χ0v) is 16.8. The summed E-state index contributed by atoms with van der Waals surface area (Å²) in [6.07, 6.45) is 2.44. The second kappa shape index (κ2) is 8.67. The fraction of sp³-hybridized carbons (Fsp3) is 0.348. The lowest BCUT2D eigenvalue weighted by Gasteiger charge is -2.29. The third kappa shape index (κ3) is 3.93. The average molecular weight is 406 g/mol. The fourth-order valence-electron chi connectivity index (χ4n) is 4.23. The van der Waals surface area contributed by atoms with Crippen LogP contribution in [0.2, 0.25) is 0 Å². The molecule has 0 spiro atoms. The van der Waals surface area contributed by atoms with Crippen LogP contribution in [0.5, 0.6) is 0 Å². The number of carbonyl (C=O) groups is 3. The summed E-state index contributed by atoms with van der Waals surface area (Å²) in [6, 6.07) is 13.3. The standard InChI is InChI=1S/C23H26N4O3/c24-12-4-8-15-5-1-2-9-18(15)25-13-16-6-3-7-17-14-27(23(30)21(16)17)19-10-11-20(28)26-22(19)29/h1-3,5-7,9,19,25H,4,8,10-14,24H2,(H,26,28,29). The first kappa shape index (κ1) is 20.1. The highest BCUT2D eigenvalue weighted by atomic mass is 16.2. The number of para-hydroxylation sites is 1. The maximum absolute atomic E-state index is 13.2. The zero-order chi connectivity index (χ0) is 21.1. The lowest BCUT2D eigenvalue weighted by atomic mass is 10.0. The summed E-state index contributed by atoms with van der Waals surface area (Å²) < 4.78 is 0. The molecular formula is C23H26N4O3. The van der Waals surface area contributed by atoms with Crippen LogP contribution in [0.3, 0.4) is 0 Å². The molecule has 2 aromatic rings. The summed E-state index contributed by atoms with van der Waals surface area (Å²) in [6.45, 7) is 1.55. The summed E-state index contributed by atoms with van der Waals surface area (Å²) >= 11 is 0. The van der Waals surface area contributed by atoms with Gasteiger partial charge in [-0.25, -0.2) is 0 Å². The molecule has 1 saturated heterocycles. The number of nitrogens with two attached hydrogens (primary N) is 1. The van der Waals surface area contributed by atoms with E-state index in [0.29, 0.717) is 31.6 Å². The van der Waals surface area contributed by atoms with Crippen LogP contribution < -0.4 is 16.4 Å². The zero-order valence-electron chi connectivity index (χ0n) is 16.8. The van der Waals surface area contributed by atoms with Crippen LogP contribution in [-0.4, -0.2) is 35.2 Å². The first-order valence-corrected chi connectivity index (χ1v) is 10.4. The topological polar surface area (TPSA) is 105 Å². The molecule has 2 aliphatic rings. The third-order valence-electron chi connectivity index (χ3n) is 5.78. The molecule has 0 bridgehead atoms. The normalized spacial score (nSPS) is 18.4. The number of nitrogens with zero attached hydrogens (tertiary/aromatic N) is 1. The molecule has 7 nitrogen and oxygen atoms in total. The number of hydrogen-bond acceptors (Lipinski definition) is 5. The number of nitrogens with one attached hydrogen (secondary N) is 2. The van der Waals surface area contributed by atoms with Gasteiger partial charge in [-0.2, -0.15) is 0 Å².